The highest BCUT2D eigenvalue weighted by molar-refractivity contribution is 7.99. The Morgan fingerprint density at radius 3 is 2.81 bits per heavy atom. The van der Waals surface area contributed by atoms with Crippen LogP contribution in [-0.2, 0) is 4.79 Å². The molecule has 0 aliphatic carbocycles. The Balaban J connectivity index is 2.07. The first-order valence-corrected chi connectivity index (χ1v) is 7.91. The van der Waals surface area contributed by atoms with Crippen LogP contribution in [0.15, 0.2) is 45.7 Å². The fourth-order valence-corrected chi connectivity index (χ4v) is 3.54. The molecule has 1 N–H and O–H groups in total. The van der Waals surface area contributed by atoms with E-state index in [1.165, 1.54) is 11.3 Å². The minimum absolute atomic E-state index is 0.245. The van der Waals surface area contributed by atoms with Crippen LogP contribution >= 0.6 is 23.1 Å². The van der Waals surface area contributed by atoms with Crippen LogP contribution in [0, 0.1) is 0 Å². The minimum atomic E-state index is -1.20. The number of benzene rings is 1. The van der Waals surface area contributed by atoms with Crippen LogP contribution in [0.1, 0.15) is 0 Å². The second-order valence-electron chi connectivity index (χ2n) is 4.23. The third kappa shape index (κ3) is 2.84. The molecule has 0 bridgehead atoms. The summed E-state index contributed by atoms with van der Waals surface area (Å²) < 4.78 is 0. The Morgan fingerprint density at radius 2 is 2.10 bits per heavy atom. The van der Waals surface area contributed by atoms with Gasteiger partial charge in [0.1, 0.15) is 4.83 Å². The molecule has 0 amide bonds. The number of nitrogens with zero attached hydrogens (tertiary/aromatic N) is 1. The number of fused-ring (bicyclic) bond motifs is 1. The number of thioether (sulfide) groups is 1. The number of nitrogens with one attached hydrogen (secondary N) is 1. The molecule has 0 aliphatic rings. The summed E-state index contributed by atoms with van der Waals surface area (Å²) in [6, 6.07) is 9.59. The fraction of sp³-hybridized carbons (Fsp3) is 0.0714. The molecule has 0 spiro atoms. The van der Waals surface area contributed by atoms with Crippen LogP contribution < -0.4 is 10.7 Å². The minimum Gasteiger partial charge on any atom is -0.549 e. The molecule has 5 nitrogen and oxygen atoms in total. The number of hydrogen-bond donors (Lipinski definition) is 1. The summed E-state index contributed by atoms with van der Waals surface area (Å²) in [5.41, 5.74) is 1.52. The van der Waals surface area contributed by atoms with Crippen LogP contribution in [0.3, 0.4) is 0 Å². The van der Waals surface area contributed by atoms with Crippen molar-refractivity contribution < 1.29 is 9.90 Å². The molecule has 0 atom stereocenters. The van der Waals surface area contributed by atoms with Gasteiger partial charge in [-0.05, 0) is 5.56 Å². The summed E-state index contributed by atoms with van der Waals surface area (Å²) in [6.07, 6.45) is 0. The highest BCUT2D eigenvalue weighted by Gasteiger charge is 2.12. The van der Waals surface area contributed by atoms with Crippen molar-refractivity contribution in [1.82, 2.24) is 9.97 Å². The SMILES string of the molecule is O=C([O-])CSc1nc2scc(-c3ccccc3)c2c(=O)[nH]1. The molecule has 0 radical (unpaired) electrons. The zero-order valence-electron chi connectivity index (χ0n) is 10.7. The number of H-pyrrole nitrogens is 1. The van der Waals surface area contributed by atoms with E-state index >= 15 is 0 Å². The van der Waals surface area contributed by atoms with E-state index in [1.807, 2.05) is 35.7 Å². The van der Waals surface area contributed by atoms with Crippen molar-refractivity contribution in [2.24, 2.45) is 0 Å². The van der Waals surface area contributed by atoms with Crippen LogP contribution in [0.25, 0.3) is 21.3 Å². The molecule has 21 heavy (non-hydrogen) atoms. The Hall–Kier alpha value is -2.12. The van der Waals surface area contributed by atoms with Crippen LogP contribution in [0.4, 0.5) is 0 Å². The number of thiophene rings is 1. The molecule has 3 rings (SSSR count). The lowest BCUT2D eigenvalue weighted by Gasteiger charge is -2.02. The average Bonchev–Trinajstić information content (AvgIpc) is 2.90. The molecule has 0 unspecified atom stereocenters. The summed E-state index contributed by atoms with van der Waals surface area (Å²) in [5.74, 6) is -1.44. The van der Waals surface area contributed by atoms with E-state index in [0.717, 1.165) is 22.9 Å². The largest absolute Gasteiger partial charge is 0.549 e. The van der Waals surface area contributed by atoms with Crippen molar-refractivity contribution in [1.29, 1.82) is 0 Å². The zero-order valence-corrected chi connectivity index (χ0v) is 12.3. The Morgan fingerprint density at radius 1 is 1.33 bits per heavy atom. The van der Waals surface area contributed by atoms with Crippen molar-refractivity contribution in [3.63, 3.8) is 0 Å². The number of hydrogen-bond acceptors (Lipinski definition) is 6. The predicted octanol–water partition coefficient (Wildman–Crippen LogP) is 1.49. The number of carboxylic acids is 1. The zero-order chi connectivity index (χ0) is 14.8. The molecule has 1 aromatic carbocycles. The maximum absolute atomic E-state index is 12.2. The molecule has 3 aromatic rings. The first-order valence-electron chi connectivity index (χ1n) is 6.05. The van der Waals surface area contributed by atoms with Gasteiger partial charge in [0.25, 0.3) is 5.56 Å². The van der Waals surface area contributed by atoms with E-state index in [2.05, 4.69) is 9.97 Å². The highest BCUT2D eigenvalue weighted by Crippen LogP contribution is 2.31. The van der Waals surface area contributed by atoms with Crippen molar-refractivity contribution in [2.75, 3.05) is 5.75 Å². The van der Waals surface area contributed by atoms with E-state index in [1.54, 1.807) is 0 Å². The number of carboxylic acid groups (broad SMARTS) is 1. The number of rotatable bonds is 4. The van der Waals surface area contributed by atoms with Crippen LogP contribution in [0.5, 0.6) is 0 Å². The lowest BCUT2D eigenvalue weighted by atomic mass is 10.1. The first-order chi connectivity index (χ1) is 10.1. The lowest BCUT2D eigenvalue weighted by Crippen LogP contribution is -2.24. The monoisotopic (exact) mass is 317 g/mol. The number of aromatic amines is 1. The van der Waals surface area contributed by atoms with E-state index < -0.39 is 5.97 Å². The van der Waals surface area contributed by atoms with Crippen molar-refractivity contribution in [3.8, 4) is 11.1 Å². The number of carbonyl (C=O) groups excluding carboxylic acids is 1. The van der Waals surface area contributed by atoms with Crippen LogP contribution in [-0.4, -0.2) is 21.7 Å². The maximum atomic E-state index is 12.2. The van der Waals surface area contributed by atoms with Crippen molar-refractivity contribution in [3.05, 3.63) is 46.1 Å². The number of carbonyl (C=O) groups is 1. The van der Waals surface area contributed by atoms with Gasteiger partial charge in [-0.2, -0.15) is 0 Å². The van der Waals surface area contributed by atoms with Gasteiger partial charge in [0.2, 0.25) is 0 Å². The number of aliphatic carboxylic acids is 1. The van der Waals surface area contributed by atoms with Crippen molar-refractivity contribution >= 4 is 39.3 Å². The molecule has 2 aromatic heterocycles. The van der Waals surface area contributed by atoms with E-state index in [4.69, 9.17) is 0 Å². The molecule has 2 heterocycles. The lowest BCUT2D eigenvalue weighted by molar-refractivity contribution is -0.301. The average molecular weight is 317 g/mol. The van der Waals surface area contributed by atoms with Gasteiger partial charge in [-0.15, -0.1) is 11.3 Å². The van der Waals surface area contributed by atoms with Gasteiger partial charge < -0.3 is 14.9 Å². The molecule has 7 heteroatoms. The Labute approximate surface area is 127 Å². The van der Waals surface area contributed by atoms with Gasteiger partial charge >= 0.3 is 0 Å². The molecule has 0 fully saturated rings. The van der Waals surface area contributed by atoms with Gasteiger partial charge in [-0.1, -0.05) is 42.1 Å². The van der Waals surface area contributed by atoms with E-state index in [9.17, 15) is 14.7 Å². The second-order valence-corrected chi connectivity index (χ2v) is 6.05. The quantitative estimate of drug-likeness (QED) is 0.582. The smallest absolute Gasteiger partial charge is 0.260 e. The highest BCUT2D eigenvalue weighted by atomic mass is 32.2. The summed E-state index contributed by atoms with van der Waals surface area (Å²) in [4.78, 5) is 30.2. The number of aromatic nitrogens is 2. The van der Waals surface area contributed by atoms with Crippen molar-refractivity contribution in [2.45, 2.75) is 5.16 Å². The summed E-state index contributed by atoms with van der Waals surface area (Å²) in [7, 11) is 0. The van der Waals surface area contributed by atoms with Gasteiger partial charge in [0.15, 0.2) is 5.16 Å². The van der Waals surface area contributed by atoms with Gasteiger partial charge in [0.05, 0.1) is 11.4 Å². The molecule has 106 valence electrons. The predicted molar refractivity (Wildman–Crippen MR) is 81.4 cm³/mol. The van der Waals surface area contributed by atoms with Gasteiger partial charge in [-0.3, -0.25) is 4.79 Å². The van der Waals surface area contributed by atoms with Crippen LogP contribution in [0.2, 0.25) is 0 Å². The van der Waals surface area contributed by atoms with Gasteiger partial charge in [-0.25, -0.2) is 4.98 Å². The second kappa shape index (κ2) is 5.71. The van der Waals surface area contributed by atoms with Gasteiger partial charge in [0, 0.05) is 16.7 Å². The Bertz CT molecular complexity index is 856. The molecular formula is C14H9N2O3S2-. The fourth-order valence-electron chi connectivity index (χ4n) is 1.96. The molecule has 0 aliphatic heterocycles. The molecular weight excluding hydrogens is 308 g/mol. The standard InChI is InChI=1S/C14H10N2O3S2/c17-10(18)7-21-14-15-12(19)11-9(6-20-13(11)16-14)8-4-2-1-3-5-8/h1-6H,7H2,(H,17,18)(H,15,16,19)/p-1. The molecule has 0 saturated heterocycles. The molecule has 0 saturated carbocycles. The third-order valence-electron chi connectivity index (χ3n) is 2.83. The van der Waals surface area contributed by atoms with E-state index in [-0.39, 0.29) is 16.5 Å². The van der Waals surface area contributed by atoms with E-state index in [0.29, 0.717) is 10.2 Å². The summed E-state index contributed by atoms with van der Waals surface area (Å²) in [5, 5.41) is 13.2. The maximum Gasteiger partial charge on any atom is 0.260 e. The third-order valence-corrected chi connectivity index (χ3v) is 4.55. The first kappa shape index (κ1) is 13.8. The Kier molecular flexibility index (Phi) is 3.76. The topological polar surface area (TPSA) is 85.9 Å². The summed E-state index contributed by atoms with van der Waals surface area (Å²) in [6.45, 7) is 0. The normalized spacial score (nSPS) is 10.9. The summed E-state index contributed by atoms with van der Waals surface area (Å²) >= 11 is 2.30.